The minimum atomic E-state index is -0.810. The molecule has 0 bridgehead atoms. The van der Waals surface area contributed by atoms with Gasteiger partial charge in [0.05, 0.1) is 22.3 Å². The molecule has 29 heavy (non-hydrogen) atoms. The second-order valence-corrected chi connectivity index (χ2v) is 6.98. The number of H-pyrrole nitrogens is 1. The summed E-state index contributed by atoms with van der Waals surface area (Å²) in [6, 6.07) is 10.2. The maximum absolute atomic E-state index is 12.1. The molecule has 0 spiro atoms. The molecule has 0 radical (unpaired) electrons. The van der Waals surface area contributed by atoms with Gasteiger partial charge in [-0.25, -0.2) is 4.98 Å². The molecule has 0 aliphatic heterocycles. The summed E-state index contributed by atoms with van der Waals surface area (Å²) in [6.07, 6.45) is -0.810. The highest BCUT2D eigenvalue weighted by atomic mass is 32.1. The lowest BCUT2D eigenvalue weighted by molar-refractivity contribution is -0.148. The lowest BCUT2D eigenvalue weighted by atomic mass is 10.2. The van der Waals surface area contributed by atoms with Crippen LogP contribution in [0.15, 0.2) is 46.6 Å². The van der Waals surface area contributed by atoms with E-state index in [0.29, 0.717) is 15.8 Å². The van der Waals surface area contributed by atoms with Gasteiger partial charge in [0, 0.05) is 0 Å². The second kappa shape index (κ2) is 9.11. The number of thiophene rings is 1. The van der Waals surface area contributed by atoms with Crippen LogP contribution in [0.5, 0.6) is 0 Å². The number of benzene rings is 1. The molecule has 0 fully saturated rings. The zero-order chi connectivity index (χ0) is 20.8. The fraction of sp³-hybridized carbons (Fsp3) is 0.211. The first-order chi connectivity index (χ1) is 13.9. The fourth-order valence-electron chi connectivity index (χ4n) is 2.48. The van der Waals surface area contributed by atoms with Gasteiger partial charge in [0.1, 0.15) is 6.54 Å². The number of hydrogen-bond acceptors (Lipinski definition) is 7. The van der Waals surface area contributed by atoms with Crippen LogP contribution in [-0.2, 0) is 14.3 Å². The highest BCUT2D eigenvalue weighted by Crippen LogP contribution is 2.14. The van der Waals surface area contributed by atoms with Gasteiger partial charge in [-0.3, -0.25) is 19.2 Å². The van der Waals surface area contributed by atoms with Crippen molar-refractivity contribution in [3.05, 3.63) is 62.8 Å². The summed E-state index contributed by atoms with van der Waals surface area (Å²) in [7, 11) is 0. The second-order valence-electron chi connectivity index (χ2n) is 6.04. The van der Waals surface area contributed by atoms with E-state index >= 15 is 0 Å². The van der Waals surface area contributed by atoms with Crippen LogP contribution >= 0.6 is 11.3 Å². The number of aromatic amines is 1. The largest absolute Gasteiger partial charge is 0.453 e. The first-order valence-electron chi connectivity index (χ1n) is 8.71. The highest BCUT2D eigenvalue weighted by molar-refractivity contribution is 7.12. The summed E-state index contributed by atoms with van der Waals surface area (Å²) >= 11 is 1.26. The van der Waals surface area contributed by atoms with Gasteiger partial charge >= 0.3 is 5.97 Å². The lowest BCUT2D eigenvalue weighted by Gasteiger charge is -2.13. The average molecular weight is 414 g/mol. The average Bonchev–Trinajstić information content (AvgIpc) is 3.25. The molecule has 150 valence electrons. The van der Waals surface area contributed by atoms with E-state index in [2.05, 4.69) is 20.6 Å². The van der Waals surface area contributed by atoms with Gasteiger partial charge in [-0.2, -0.15) is 0 Å². The molecule has 0 unspecified atom stereocenters. The standard InChI is InChI=1S/C19H18N4O5S/c1-11(17-22-13-6-3-2-5-12(13)18(26)23-17)28-16(25)10-20-15(24)9-21-19(27)14-7-4-8-29-14/h2-8,11H,9-10H2,1H3,(H,20,24)(H,21,27)(H,22,23,26)/t11-/m0/s1. The SMILES string of the molecule is C[C@H](OC(=O)CNC(=O)CNC(=O)c1cccs1)c1nc2ccccc2c(=O)[nH]1. The Morgan fingerprint density at radius 2 is 1.93 bits per heavy atom. The van der Waals surface area contributed by atoms with Gasteiger partial charge in [-0.15, -0.1) is 11.3 Å². The molecule has 10 heteroatoms. The van der Waals surface area contributed by atoms with Crippen LogP contribution in [0.25, 0.3) is 10.9 Å². The molecule has 3 aromatic rings. The Morgan fingerprint density at radius 3 is 2.69 bits per heavy atom. The zero-order valence-corrected chi connectivity index (χ0v) is 16.2. The Hall–Kier alpha value is -3.53. The van der Waals surface area contributed by atoms with Crippen molar-refractivity contribution in [3.8, 4) is 0 Å². The number of carbonyl (C=O) groups excluding carboxylic acids is 3. The molecule has 2 aromatic heterocycles. The van der Waals surface area contributed by atoms with Gasteiger partial charge in [-0.1, -0.05) is 18.2 Å². The van der Waals surface area contributed by atoms with Gasteiger partial charge in [0.15, 0.2) is 11.9 Å². The third-order valence-corrected chi connectivity index (χ3v) is 4.78. The number of carbonyl (C=O) groups is 3. The first-order valence-corrected chi connectivity index (χ1v) is 9.59. The Morgan fingerprint density at radius 1 is 1.14 bits per heavy atom. The Bertz CT molecular complexity index is 1090. The molecule has 9 nitrogen and oxygen atoms in total. The number of hydrogen-bond donors (Lipinski definition) is 3. The van der Waals surface area contributed by atoms with Crippen molar-refractivity contribution in [2.75, 3.05) is 13.1 Å². The van der Waals surface area contributed by atoms with Crippen molar-refractivity contribution < 1.29 is 19.1 Å². The van der Waals surface area contributed by atoms with Gasteiger partial charge < -0.3 is 20.4 Å². The summed E-state index contributed by atoms with van der Waals surface area (Å²) in [6.45, 7) is 0.920. The number of para-hydroxylation sites is 1. The van der Waals surface area contributed by atoms with E-state index < -0.39 is 18.0 Å². The van der Waals surface area contributed by atoms with E-state index in [4.69, 9.17) is 4.74 Å². The van der Waals surface area contributed by atoms with Gasteiger partial charge in [0.2, 0.25) is 5.91 Å². The molecule has 0 aliphatic rings. The third kappa shape index (κ3) is 5.26. The number of nitrogens with one attached hydrogen (secondary N) is 3. The van der Waals surface area contributed by atoms with Crippen molar-refractivity contribution >= 4 is 40.0 Å². The number of ether oxygens (including phenoxy) is 1. The maximum Gasteiger partial charge on any atom is 0.326 e. The van der Waals surface area contributed by atoms with E-state index in [1.165, 1.54) is 11.3 Å². The summed E-state index contributed by atoms with van der Waals surface area (Å²) < 4.78 is 5.20. The Kier molecular flexibility index (Phi) is 6.35. The molecular weight excluding hydrogens is 396 g/mol. The molecule has 3 rings (SSSR count). The number of nitrogens with zero attached hydrogens (tertiary/aromatic N) is 1. The quantitative estimate of drug-likeness (QED) is 0.497. The van der Waals surface area contributed by atoms with E-state index in [0.717, 1.165) is 0 Å². The van der Waals surface area contributed by atoms with Crippen molar-refractivity contribution in [3.63, 3.8) is 0 Å². The highest BCUT2D eigenvalue weighted by Gasteiger charge is 2.16. The van der Waals surface area contributed by atoms with Crippen molar-refractivity contribution in [1.82, 2.24) is 20.6 Å². The zero-order valence-electron chi connectivity index (χ0n) is 15.4. The molecular formula is C19H18N4O5S. The van der Waals surface area contributed by atoms with E-state index in [1.54, 1.807) is 48.7 Å². The number of esters is 1. The Labute approximate surface area is 169 Å². The van der Waals surface area contributed by atoms with Gasteiger partial charge in [-0.05, 0) is 30.5 Å². The molecule has 0 aliphatic carbocycles. The maximum atomic E-state index is 12.1. The first kappa shape index (κ1) is 20.2. The lowest BCUT2D eigenvalue weighted by Crippen LogP contribution is -2.39. The molecule has 2 heterocycles. The fourth-order valence-corrected chi connectivity index (χ4v) is 3.12. The number of amides is 2. The van der Waals surface area contributed by atoms with Gasteiger partial charge in [0.25, 0.3) is 11.5 Å². The minimum Gasteiger partial charge on any atom is -0.453 e. The van der Waals surface area contributed by atoms with Crippen molar-refractivity contribution in [2.45, 2.75) is 13.0 Å². The van der Waals surface area contributed by atoms with Crippen molar-refractivity contribution in [1.29, 1.82) is 0 Å². The summed E-state index contributed by atoms with van der Waals surface area (Å²) in [5, 5.41) is 7.01. The predicted octanol–water partition coefficient (Wildman–Crippen LogP) is 1.14. The van der Waals surface area contributed by atoms with Crippen molar-refractivity contribution in [2.24, 2.45) is 0 Å². The number of aromatic nitrogens is 2. The normalized spacial score (nSPS) is 11.6. The van der Waals surface area contributed by atoms with Crippen LogP contribution < -0.4 is 16.2 Å². The smallest absolute Gasteiger partial charge is 0.326 e. The number of fused-ring (bicyclic) bond motifs is 1. The van der Waals surface area contributed by atoms with Crippen LogP contribution in [0.1, 0.15) is 28.5 Å². The predicted molar refractivity (Wildman–Crippen MR) is 107 cm³/mol. The van der Waals surface area contributed by atoms with Crippen LogP contribution in [0.4, 0.5) is 0 Å². The summed E-state index contributed by atoms with van der Waals surface area (Å²) in [5.41, 5.74) is 0.159. The van der Waals surface area contributed by atoms with Crippen LogP contribution in [0.3, 0.4) is 0 Å². The van der Waals surface area contributed by atoms with Crippen LogP contribution in [0, 0.1) is 0 Å². The molecule has 0 saturated heterocycles. The van der Waals surface area contributed by atoms with E-state index in [-0.39, 0.29) is 30.4 Å². The molecule has 2 amide bonds. The minimum absolute atomic E-state index is 0.205. The summed E-state index contributed by atoms with van der Waals surface area (Å²) in [5.74, 6) is -1.39. The van der Waals surface area contributed by atoms with Crippen LogP contribution in [-0.4, -0.2) is 40.8 Å². The monoisotopic (exact) mass is 414 g/mol. The molecule has 1 atom stereocenters. The Balaban J connectivity index is 1.48. The topological polar surface area (TPSA) is 130 Å². The van der Waals surface area contributed by atoms with Crippen LogP contribution in [0.2, 0.25) is 0 Å². The molecule has 3 N–H and O–H groups in total. The third-order valence-electron chi connectivity index (χ3n) is 3.91. The van der Waals surface area contributed by atoms with E-state index in [9.17, 15) is 19.2 Å². The van der Waals surface area contributed by atoms with E-state index in [1.807, 2.05) is 0 Å². The summed E-state index contributed by atoms with van der Waals surface area (Å²) in [4.78, 5) is 55.0. The molecule has 1 aromatic carbocycles. The molecule has 0 saturated carbocycles. The number of rotatable bonds is 7.